The van der Waals surface area contributed by atoms with Gasteiger partial charge in [0.25, 0.3) is 0 Å². The number of primary amides is 1. The van der Waals surface area contributed by atoms with Crippen LogP contribution in [0.15, 0.2) is 54.6 Å². The molecule has 3 aromatic carbocycles. The molecule has 0 saturated heterocycles. The molecule has 0 bridgehead atoms. The number of carbonyl (C=O) groups excluding carboxylic acids is 1. The lowest BCUT2D eigenvalue weighted by atomic mass is 10.0. The van der Waals surface area contributed by atoms with Crippen LogP contribution >= 0.6 is 11.6 Å². The second-order valence-corrected chi connectivity index (χ2v) is 7.15. The molecule has 0 atom stereocenters. The molecule has 4 nitrogen and oxygen atoms in total. The zero-order chi connectivity index (χ0) is 19.1. The molecule has 0 saturated carbocycles. The molecule has 0 aliphatic heterocycles. The lowest BCUT2D eigenvalue weighted by Gasteiger charge is -2.10. The molecular weight excluding hydrogens is 360 g/mol. The van der Waals surface area contributed by atoms with Gasteiger partial charge in [0.2, 0.25) is 5.91 Å². The first-order valence-electron chi connectivity index (χ1n) is 8.69. The van der Waals surface area contributed by atoms with Crippen LogP contribution in [0.4, 0.5) is 0 Å². The smallest absolute Gasteiger partial charge is 0.249 e. The van der Waals surface area contributed by atoms with Gasteiger partial charge in [0, 0.05) is 33.4 Å². The maximum atomic E-state index is 12.0. The summed E-state index contributed by atoms with van der Waals surface area (Å²) in [6.45, 7) is 2.52. The predicted octanol–water partition coefficient (Wildman–Crippen LogP) is 4.40. The third kappa shape index (κ3) is 2.97. The number of hydrogen-bond acceptors (Lipinski definition) is 2. The number of carbonyl (C=O) groups is 1. The van der Waals surface area contributed by atoms with Crippen molar-refractivity contribution in [3.63, 3.8) is 0 Å². The van der Waals surface area contributed by atoms with Crippen LogP contribution in [0.2, 0.25) is 5.02 Å². The van der Waals surface area contributed by atoms with Gasteiger partial charge in [0.1, 0.15) is 0 Å². The number of benzene rings is 3. The van der Waals surface area contributed by atoms with Gasteiger partial charge in [-0.3, -0.25) is 4.79 Å². The quantitative estimate of drug-likeness (QED) is 0.552. The Labute approximate surface area is 161 Å². The summed E-state index contributed by atoms with van der Waals surface area (Å²) < 4.78 is 2.14. The maximum Gasteiger partial charge on any atom is 0.249 e. The zero-order valence-corrected chi connectivity index (χ0v) is 15.6. The number of rotatable bonds is 4. The third-order valence-corrected chi connectivity index (χ3v) is 5.39. The van der Waals surface area contributed by atoms with Gasteiger partial charge in [-0.05, 0) is 47.9 Å². The van der Waals surface area contributed by atoms with Crippen molar-refractivity contribution in [2.75, 3.05) is 0 Å². The van der Waals surface area contributed by atoms with Crippen LogP contribution in [0.25, 0.3) is 21.8 Å². The highest BCUT2D eigenvalue weighted by atomic mass is 35.5. The monoisotopic (exact) mass is 378 g/mol. The Morgan fingerprint density at radius 2 is 1.85 bits per heavy atom. The minimum atomic E-state index is -0.454. The van der Waals surface area contributed by atoms with E-state index in [2.05, 4.69) is 4.57 Å². The van der Waals surface area contributed by atoms with Gasteiger partial charge in [-0.1, -0.05) is 41.9 Å². The van der Waals surface area contributed by atoms with Crippen LogP contribution in [0.5, 0.6) is 0 Å². The van der Waals surface area contributed by atoms with E-state index in [0.29, 0.717) is 12.1 Å². The number of amides is 1. The number of fused-ring (bicyclic) bond motifs is 3. The van der Waals surface area contributed by atoms with Gasteiger partial charge in [-0.15, -0.1) is 0 Å². The number of halogens is 1. The summed E-state index contributed by atoms with van der Waals surface area (Å²) in [6.07, 6.45) is 0. The molecule has 5 heteroatoms. The van der Waals surface area contributed by atoms with Crippen molar-refractivity contribution in [2.24, 2.45) is 5.73 Å². The van der Waals surface area contributed by atoms with Crippen molar-refractivity contribution in [3.8, 4) is 0 Å². The first-order valence-corrected chi connectivity index (χ1v) is 9.07. The predicted molar refractivity (Wildman–Crippen MR) is 109 cm³/mol. The first kappa shape index (κ1) is 17.6. The summed E-state index contributed by atoms with van der Waals surface area (Å²) in [5.41, 5.74) is 10.9. The Hall–Kier alpha value is -2.82. The average molecular weight is 379 g/mol. The molecule has 4 aromatic rings. The number of aryl methyl sites for hydroxylation is 1. The van der Waals surface area contributed by atoms with Crippen LogP contribution in [0.3, 0.4) is 0 Å². The topological polar surface area (TPSA) is 68.2 Å². The summed E-state index contributed by atoms with van der Waals surface area (Å²) >= 11 is 6.30. The van der Waals surface area contributed by atoms with Crippen molar-refractivity contribution in [1.29, 1.82) is 0 Å². The van der Waals surface area contributed by atoms with E-state index >= 15 is 0 Å². The molecule has 27 heavy (non-hydrogen) atoms. The zero-order valence-electron chi connectivity index (χ0n) is 14.9. The summed E-state index contributed by atoms with van der Waals surface area (Å²) in [4.78, 5) is 12.0. The molecule has 0 spiro atoms. The maximum absolute atomic E-state index is 12.0. The molecule has 1 aromatic heterocycles. The van der Waals surface area contributed by atoms with Crippen LogP contribution in [-0.2, 0) is 13.2 Å². The van der Waals surface area contributed by atoms with E-state index in [9.17, 15) is 9.90 Å². The first-order chi connectivity index (χ1) is 13.0. The largest absolute Gasteiger partial charge is 0.392 e. The molecule has 0 aliphatic carbocycles. The fraction of sp³-hybridized carbons (Fsp3) is 0.136. The highest BCUT2D eigenvalue weighted by Crippen LogP contribution is 2.33. The van der Waals surface area contributed by atoms with Gasteiger partial charge < -0.3 is 15.4 Å². The number of hydrogen-bond donors (Lipinski definition) is 2. The van der Waals surface area contributed by atoms with Crippen molar-refractivity contribution in [3.05, 3.63) is 81.9 Å². The number of aliphatic hydroxyl groups excluding tert-OH is 1. The van der Waals surface area contributed by atoms with Gasteiger partial charge in [-0.25, -0.2) is 0 Å². The lowest BCUT2D eigenvalue weighted by Crippen LogP contribution is -2.11. The van der Waals surface area contributed by atoms with Crippen molar-refractivity contribution in [1.82, 2.24) is 4.57 Å². The molecule has 1 heterocycles. The van der Waals surface area contributed by atoms with Gasteiger partial charge in [-0.2, -0.15) is 0 Å². The lowest BCUT2D eigenvalue weighted by molar-refractivity contribution is 0.100. The van der Waals surface area contributed by atoms with Gasteiger partial charge in [0.05, 0.1) is 12.1 Å². The van der Waals surface area contributed by atoms with Crippen molar-refractivity contribution in [2.45, 2.75) is 20.1 Å². The summed E-state index contributed by atoms with van der Waals surface area (Å²) in [7, 11) is 0. The van der Waals surface area contributed by atoms with Crippen LogP contribution < -0.4 is 5.73 Å². The van der Waals surface area contributed by atoms with Gasteiger partial charge in [0.15, 0.2) is 0 Å². The van der Waals surface area contributed by atoms with Crippen molar-refractivity contribution < 1.29 is 9.90 Å². The van der Waals surface area contributed by atoms with Gasteiger partial charge >= 0.3 is 0 Å². The van der Waals surface area contributed by atoms with E-state index in [4.69, 9.17) is 17.3 Å². The molecule has 1 amide bonds. The van der Waals surface area contributed by atoms with Crippen molar-refractivity contribution >= 4 is 39.3 Å². The van der Waals surface area contributed by atoms with E-state index in [1.807, 2.05) is 55.5 Å². The van der Waals surface area contributed by atoms with E-state index < -0.39 is 5.91 Å². The Balaban J connectivity index is 2.02. The molecule has 4 rings (SSSR count). The molecule has 136 valence electrons. The fourth-order valence-electron chi connectivity index (χ4n) is 3.58. The third-order valence-electron chi connectivity index (χ3n) is 4.98. The minimum Gasteiger partial charge on any atom is -0.392 e. The van der Waals surface area contributed by atoms with E-state index in [1.54, 1.807) is 6.07 Å². The number of aromatic nitrogens is 1. The van der Waals surface area contributed by atoms with Crippen LogP contribution in [0.1, 0.15) is 27.0 Å². The fourth-order valence-corrected chi connectivity index (χ4v) is 3.78. The summed E-state index contributed by atoms with van der Waals surface area (Å²) in [5.74, 6) is -0.454. The Kier molecular flexibility index (Phi) is 4.38. The molecule has 3 N–H and O–H groups in total. The summed E-state index contributed by atoms with van der Waals surface area (Å²) in [6, 6.07) is 17.3. The average Bonchev–Trinajstić information content (AvgIpc) is 2.97. The highest BCUT2D eigenvalue weighted by Gasteiger charge is 2.17. The highest BCUT2D eigenvalue weighted by molar-refractivity contribution is 6.31. The normalized spacial score (nSPS) is 11.4. The van der Waals surface area contributed by atoms with Crippen LogP contribution in [0, 0.1) is 6.92 Å². The molecule has 0 fully saturated rings. The molecular formula is C22H19ClN2O2. The summed E-state index contributed by atoms with van der Waals surface area (Å²) in [5, 5.41) is 12.1. The van der Waals surface area contributed by atoms with Crippen LogP contribution in [-0.4, -0.2) is 15.6 Å². The number of nitrogens with zero attached hydrogens (tertiary/aromatic N) is 1. The minimum absolute atomic E-state index is 0.0451. The standard InChI is InChI=1S/C22H19ClN2O2/c1-13-5-6-14(9-18(13)23)11-25-19-4-2-3-17(22(24)27)21(19)16-8-7-15(12-26)10-20(16)25/h2-10,26H,11-12H2,1H3,(H2,24,27). The molecule has 0 unspecified atom stereocenters. The molecule has 0 aliphatic rings. The second-order valence-electron chi connectivity index (χ2n) is 6.74. The van der Waals surface area contributed by atoms with E-state index in [0.717, 1.165) is 43.5 Å². The Morgan fingerprint density at radius 3 is 2.56 bits per heavy atom. The number of nitrogens with two attached hydrogens (primary N) is 1. The SMILES string of the molecule is Cc1ccc(Cn2c3cc(CO)ccc3c3c(C(N)=O)cccc32)cc1Cl. The van der Waals surface area contributed by atoms with E-state index in [-0.39, 0.29) is 6.61 Å². The Morgan fingerprint density at radius 1 is 1.07 bits per heavy atom. The molecule has 0 radical (unpaired) electrons. The Bertz CT molecular complexity index is 1190. The van der Waals surface area contributed by atoms with E-state index in [1.165, 1.54) is 0 Å². The second kappa shape index (κ2) is 6.72. The number of aliphatic hydroxyl groups is 1.